The van der Waals surface area contributed by atoms with E-state index in [0.29, 0.717) is 25.9 Å². The number of rotatable bonds is 4. The Morgan fingerprint density at radius 2 is 1.63 bits per heavy atom. The average Bonchev–Trinajstić information content (AvgIpc) is 2.62. The summed E-state index contributed by atoms with van der Waals surface area (Å²) >= 11 is 0. The largest absolute Gasteiger partial charge is 0.481 e. The molecule has 7 heteroatoms. The molecule has 1 amide bonds. The van der Waals surface area contributed by atoms with Gasteiger partial charge in [-0.15, -0.1) is 0 Å². The zero-order chi connectivity index (χ0) is 13.9. The first-order chi connectivity index (χ1) is 8.84. The Bertz CT molecular complexity index is 459. The minimum Gasteiger partial charge on any atom is -0.481 e. The Hall–Kier alpha value is -1.63. The third-order valence-electron chi connectivity index (χ3n) is 4.75. The van der Waals surface area contributed by atoms with Crippen LogP contribution in [-0.4, -0.2) is 46.8 Å². The van der Waals surface area contributed by atoms with Gasteiger partial charge >= 0.3 is 11.9 Å². The molecule has 3 saturated carbocycles. The van der Waals surface area contributed by atoms with Gasteiger partial charge in [0.25, 0.3) is 0 Å². The molecule has 19 heavy (non-hydrogen) atoms. The monoisotopic (exact) mass is 269 g/mol. The van der Waals surface area contributed by atoms with Gasteiger partial charge in [0.2, 0.25) is 5.91 Å². The van der Waals surface area contributed by atoms with Crippen LogP contribution in [-0.2, 0) is 19.1 Å². The average molecular weight is 269 g/mol. The van der Waals surface area contributed by atoms with Gasteiger partial charge in [0.1, 0.15) is 0 Å². The van der Waals surface area contributed by atoms with Gasteiger partial charge in [-0.05, 0) is 19.3 Å². The van der Waals surface area contributed by atoms with Crippen LogP contribution in [0.3, 0.4) is 0 Å². The second kappa shape index (κ2) is 3.47. The van der Waals surface area contributed by atoms with E-state index in [2.05, 4.69) is 5.32 Å². The number of carboxylic acid groups (broad SMARTS) is 2. The van der Waals surface area contributed by atoms with Crippen LogP contribution in [0, 0.1) is 10.8 Å². The van der Waals surface area contributed by atoms with Crippen molar-refractivity contribution in [3.05, 3.63) is 0 Å². The van der Waals surface area contributed by atoms with Crippen molar-refractivity contribution in [1.82, 2.24) is 5.32 Å². The van der Waals surface area contributed by atoms with Crippen molar-refractivity contribution in [3.8, 4) is 0 Å². The first-order valence-corrected chi connectivity index (χ1v) is 6.22. The minimum atomic E-state index is -1.34. The lowest BCUT2D eigenvalue weighted by atomic mass is 9.35. The summed E-state index contributed by atoms with van der Waals surface area (Å²) in [5.41, 5.74) is -2.74. The Balaban J connectivity index is 1.68. The molecule has 3 N–H and O–H groups in total. The third kappa shape index (κ3) is 1.44. The summed E-state index contributed by atoms with van der Waals surface area (Å²) in [6.45, 7) is 0.271. The van der Waals surface area contributed by atoms with Gasteiger partial charge in [0.15, 0.2) is 5.54 Å². The predicted octanol–water partition coefficient (Wildman–Crippen LogP) is -0.399. The van der Waals surface area contributed by atoms with E-state index in [0.717, 1.165) is 0 Å². The van der Waals surface area contributed by atoms with Crippen molar-refractivity contribution in [2.45, 2.75) is 31.2 Å². The fourth-order valence-corrected chi connectivity index (χ4v) is 3.49. The van der Waals surface area contributed by atoms with Crippen LogP contribution in [0.4, 0.5) is 0 Å². The van der Waals surface area contributed by atoms with Crippen molar-refractivity contribution in [3.63, 3.8) is 0 Å². The summed E-state index contributed by atoms with van der Waals surface area (Å²) in [6, 6.07) is 0. The highest BCUT2D eigenvalue weighted by atomic mass is 16.5. The Labute approximate surface area is 108 Å². The molecular formula is C12H15NO6. The molecular weight excluding hydrogens is 254 g/mol. The fourth-order valence-electron chi connectivity index (χ4n) is 3.49. The van der Waals surface area contributed by atoms with E-state index in [9.17, 15) is 19.5 Å². The lowest BCUT2D eigenvalue weighted by molar-refractivity contribution is -0.221. The second-order valence-electron chi connectivity index (χ2n) is 6.04. The summed E-state index contributed by atoms with van der Waals surface area (Å²) in [5.74, 6) is -2.30. The number of nitrogens with one attached hydrogen (secondary N) is 1. The smallest absolute Gasteiger partial charge is 0.331 e. The highest BCUT2D eigenvalue weighted by molar-refractivity contribution is 5.96. The molecule has 1 heterocycles. The summed E-state index contributed by atoms with van der Waals surface area (Å²) < 4.78 is 5.07. The van der Waals surface area contributed by atoms with Crippen LogP contribution in [0.1, 0.15) is 25.7 Å². The normalized spacial score (nSPS) is 42.9. The molecule has 4 aliphatic rings. The van der Waals surface area contributed by atoms with Crippen molar-refractivity contribution in [1.29, 1.82) is 0 Å². The van der Waals surface area contributed by atoms with Crippen LogP contribution in [0.2, 0.25) is 0 Å². The summed E-state index contributed by atoms with van der Waals surface area (Å²) in [4.78, 5) is 34.5. The number of carbonyl (C=O) groups is 3. The van der Waals surface area contributed by atoms with Crippen molar-refractivity contribution >= 4 is 17.8 Å². The molecule has 4 fully saturated rings. The highest BCUT2D eigenvalue weighted by Crippen LogP contribution is 2.73. The van der Waals surface area contributed by atoms with Crippen LogP contribution in [0.15, 0.2) is 0 Å². The molecule has 1 atom stereocenters. The summed E-state index contributed by atoms with van der Waals surface area (Å²) in [7, 11) is 0. The quantitative estimate of drug-likeness (QED) is 0.640. The maximum absolute atomic E-state index is 12.2. The van der Waals surface area contributed by atoms with Crippen molar-refractivity contribution in [2.24, 2.45) is 10.8 Å². The van der Waals surface area contributed by atoms with E-state index in [1.165, 1.54) is 0 Å². The molecule has 1 unspecified atom stereocenters. The van der Waals surface area contributed by atoms with Crippen LogP contribution >= 0.6 is 0 Å². The van der Waals surface area contributed by atoms with Gasteiger partial charge in [0.05, 0.1) is 17.4 Å². The molecule has 1 aliphatic heterocycles. The lowest BCUT2D eigenvalue weighted by Gasteiger charge is -2.66. The van der Waals surface area contributed by atoms with Gasteiger partial charge < -0.3 is 20.3 Å². The van der Waals surface area contributed by atoms with Crippen molar-refractivity contribution < 1.29 is 29.3 Å². The zero-order valence-electron chi connectivity index (χ0n) is 10.3. The highest BCUT2D eigenvalue weighted by Gasteiger charge is 2.75. The number of ether oxygens (including phenoxy) is 1. The molecule has 3 aliphatic carbocycles. The molecule has 0 radical (unpaired) electrons. The van der Waals surface area contributed by atoms with E-state index in [-0.39, 0.29) is 18.9 Å². The van der Waals surface area contributed by atoms with E-state index >= 15 is 0 Å². The Morgan fingerprint density at radius 1 is 1.00 bits per heavy atom. The molecule has 7 nitrogen and oxygen atoms in total. The van der Waals surface area contributed by atoms with E-state index in [4.69, 9.17) is 9.84 Å². The third-order valence-corrected chi connectivity index (χ3v) is 4.75. The van der Waals surface area contributed by atoms with Gasteiger partial charge in [-0.2, -0.15) is 0 Å². The first kappa shape index (κ1) is 12.4. The van der Waals surface area contributed by atoms with Gasteiger partial charge in [-0.1, -0.05) is 0 Å². The maximum atomic E-state index is 12.2. The van der Waals surface area contributed by atoms with Crippen molar-refractivity contribution in [2.75, 3.05) is 13.2 Å². The number of hydrogen-bond acceptors (Lipinski definition) is 4. The molecule has 0 spiro atoms. The number of aliphatic carboxylic acids is 2. The van der Waals surface area contributed by atoms with Crippen LogP contribution in [0.25, 0.3) is 0 Å². The predicted molar refractivity (Wildman–Crippen MR) is 60.3 cm³/mol. The van der Waals surface area contributed by atoms with E-state index < -0.39 is 28.3 Å². The second-order valence-corrected chi connectivity index (χ2v) is 6.04. The van der Waals surface area contributed by atoms with Crippen LogP contribution < -0.4 is 5.32 Å². The fraction of sp³-hybridized carbons (Fsp3) is 0.750. The molecule has 4 rings (SSSR count). The zero-order valence-corrected chi connectivity index (χ0v) is 10.3. The maximum Gasteiger partial charge on any atom is 0.331 e. The molecule has 1 saturated heterocycles. The molecule has 104 valence electrons. The number of amides is 1. The van der Waals surface area contributed by atoms with E-state index in [1.54, 1.807) is 0 Å². The topological polar surface area (TPSA) is 113 Å². The Kier molecular flexibility index (Phi) is 2.27. The number of carboxylic acids is 2. The summed E-state index contributed by atoms with van der Waals surface area (Å²) in [6.07, 6.45) is 1.20. The standard InChI is InChI=1S/C12H15NO6/c14-7(10-3-11(4-10,5-10)8(15)16)13-12(9(17)18)1-2-19-6-12/h1-6H2,(H,13,14)(H,15,16)(H,17,18). The van der Waals surface area contributed by atoms with Gasteiger partial charge in [-0.25, -0.2) is 4.79 Å². The van der Waals surface area contributed by atoms with Gasteiger partial charge in [-0.3, -0.25) is 9.59 Å². The number of carbonyl (C=O) groups excluding carboxylic acids is 1. The molecule has 2 bridgehead atoms. The summed E-state index contributed by atoms with van der Waals surface area (Å²) in [5, 5.41) is 20.8. The Morgan fingerprint density at radius 3 is 2.05 bits per heavy atom. The minimum absolute atomic E-state index is 0.0335. The molecule has 0 aromatic carbocycles. The molecule has 0 aromatic rings. The molecule has 0 aromatic heterocycles. The lowest BCUT2D eigenvalue weighted by Crippen LogP contribution is -2.73. The van der Waals surface area contributed by atoms with Gasteiger partial charge in [0, 0.05) is 13.0 Å². The van der Waals surface area contributed by atoms with Crippen LogP contribution in [0.5, 0.6) is 0 Å². The first-order valence-electron chi connectivity index (χ1n) is 6.22. The van der Waals surface area contributed by atoms with E-state index in [1.807, 2.05) is 0 Å². The SMILES string of the molecule is O=C(O)C12CC(C(=O)NC3(C(=O)O)CCOC3)(C1)C2. The number of hydrogen-bond donors (Lipinski definition) is 3.